The number of hydrogen-bond acceptors (Lipinski definition) is 5. The molecule has 0 unspecified atom stereocenters. The number of rotatable bonds is 7. The summed E-state index contributed by atoms with van der Waals surface area (Å²) in [6.45, 7) is 3.11. The fourth-order valence-corrected chi connectivity index (χ4v) is 4.34. The van der Waals surface area contributed by atoms with E-state index in [2.05, 4.69) is 51.7 Å². The van der Waals surface area contributed by atoms with E-state index in [0.29, 0.717) is 13.1 Å². The van der Waals surface area contributed by atoms with E-state index in [-0.39, 0.29) is 6.42 Å². The molecule has 0 bridgehead atoms. The molecule has 1 N–H and O–H groups in total. The Morgan fingerprint density at radius 3 is 2.38 bits per heavy atom. The van der Waals surface area contributed by atoms with E-state index in [4.69, 9.17) is 5.11 Å². The van der Waals surface area contributed by atoms with Crippen LogP contribution in [0, 0.1) is 0 Å². The summed E-state index contributed by atoms with van der Waals surface area (Å²) in [6, 6.07) is 18.8. The van der Waals surface area contributed by atoms with Gasteiger partial charge in [-0.1, -0.05) is 54.6 Å². The van der Waals surface area contributed by atoms with Crippen LogP contribution in [0.4, 0.5) is 5.82 Å². The molecule has 5 nitrogen and oxygen atoms in total. The molecule has 6 heteroatoms. The summed E-state index contributed by atoms with van der Waals surface area (Å²) < 4.78 is 0. The number of anilines is 1. The molecule has 0 saturated heterocycles. The SMILES string of the molecule is CCN(CCC(=O)O)c1ncnc2scc(-c3ccc(-c4ccccc4)cc3)c12. The molecular weight excluding hydrogens is 382 g/mol. The molecule has 4 rings (SSSR count). The highest BCUT2D eigenvalue weighted by molar-refractivity contribution is 7.17. The molecule has 0 amide bonds. The maximum Gasteiger partial charge on any atom is 0.305 e. The normalized spacial score (nSPS) is 10.9. The van der Waals surface area contributed by atoms with E-state index in [9.17, 15) is 4.79 Å². The van der Waals surface area contributed by atoms with Crippen LogP contribution < -0.4 is 4.90 Å². The van der Waals surface area contributed by atoms with Gasteiger partial charge in [0.15, 0.2) is 0 Å². The molecule has 0 aliphatic rings. The lowest BCUT2D eigenvalue weighted by Crippen LogP contribution is -2.26. The van der Waals surface area contributed by atoms with Crippen LogP contribution in [0.2, 0.25) is 0 Å². The number of hydrogen-bond donors (Lipinski definition) is 1. The Morgan fingerprint density at radius 2 is 1.69 bits per heavy atom. The van der Waals surface area contributed by atoms with Gasteiger partial charge in [-0.25, -0.2) is 9.97 Å². The summed E-state index contributed by atoms with van der Waals surface area (Å²) in [5.41, 5.74) is 4.53. The number of benzene rings is 2. The van der Waals surface area contributed by atoms with Crippen LogP contribution in [0.25, 0.3) is 32.5 Å². The zero-order valence-corrected chi connectivity index (χ0v) is 16.9. The highest BCUT2D eigenvalue weighted by atomic mass is 32.1. The second-order valence-electron chi connectivity index (χ2n) is 6.69. The van der Waals surface area contributed by atoms with E-state index in [1.54, 1.807) is 17.7 Å². The fraction of sp³-hybridized carbons (Fsp3) is 0.174. The first kappa shape index (κ1) is 19.1. The summed E-state index contributed by atoms with van der Waals surface area (Å²) in [4.78, 5) is 22.9. The smallest absolute Gasteiger partial charge is 0.305 e. The number of fused-ring (bicyclic) bond motifs is 1. The van der Waals surface area contributed by atoms with Crippen molar-refractivity contribution in [2.24, 2.45) is 0 Å². The maximum atomic E-state index is 11.0. The highest BCUT2D eigenvalue weighted by Gasteiger charge is 2.18. The minimum atomic E-state index is -0.809. The number of aliphatic carboxylic acids is 1. The predicted octanol–water partition coefficient (Wildman–Crippen LogP) is 5.33. The Hall–Kier alpha value is -3.25. The van der Waals surface area contributed by atoms with Gasteiger partial charge >= 0.3 is 5.97 Å². The molecule has 0 radical (unpaired) electrons. The lowest BCUT2D eigenvalue weighted by atomic mass is 10.0. The van der Waals surface area contributed by atoms with Crippen molar-refractivity contribution in [3.63, 3.8) is 0 Å². The van der Waals surface area contributed by atoms with Crippen molar-refractivity contribution in [3.05, 3.63) is 66.3 Å². The Kier molecular flexibility index (Phi) is 5.53. The van der Waals surface area contributed by atoms with Crippen LogP contribution >= 0.6 is 11.3 Å². The summed E-state index contributed by atoms with van der Waals surface area (Å²) in [6.07, 6.45) is 1.63. The molecule has 0 aliphatic heterocycles. The zero-order valence-electron chi connectivity index (χ0n) is 16.1. The minimum absolute atomic E-state index is 0.0740. The van der Waals surface area contributed by atoms with Crippen LogP contribution in [0.1, 0.15) is 13.3 Å². The molecule has 146 valence electrons. The first-order valence-corrected chi connectivity index (χ1v) is 10.4. The molecule has 0 atom stereocenters. The lowest BCUT2D eigenvalue weighted by molar-refractivity contribution is -0.136. The summed E-state index contributed by atoms with van der Waals surface area (Å²) in [5, 5.41) is 12.2. The van der Waals surface area contributed by atoms with E-state index in [0.717, 1.165) is 27.2 Å². The Labute approximate surface area is 173 Å². The van der Waals surface area contributed by atoms with E-state index < -0.39 is 5.97 Å². The van der Waals surface area contributed by atoms with Gasteiger partial charge in [0.2, 0.25) is 0 Å². The van der Waals surface area contributed by atoms with Gasteiger partial charge in [-0.2, -0.15) is 0 Å². The third kappa shape index (κ3) is 3.98. The number of thiophene rings is 1. The first-order valence-electron chi connectivity index (χ1n) is 9.52. The van der Waals surface area contributed by atoms with E-state index in [1.165, 1.54) is 11.1 Å². The Morgan fingerprint density at radius 1 is 1.00 bits per heavy atom. The number of carboxylic acid groups (broad SMARTS) is 1. The van der Waals surface area contributed by atoms with Gasteiger partial charge in [0.05, 0.1) is 11.8 Å². The molecule has 0 fully saturated rings. The number of carbonyl (C=O) groups is 1. The number of carboxylic acids is 1. The summed E-state index contributed by atoms with van der Waals surface area (Å²) in [5.74, 6) is -0.0158. The second-order valence-corrected chi connectivity index (χ2v) is 7.55. The minimum Gasteiger partial charge on any atom is -0.481 e. The molecule has 0 spiro atoms. The van der Waals surface area contributed by atoms with Gasteiger partial charge in [-0.3, -0.25) is 4.79 Å². The monoisotopic (exact) mass is 403 g/mol. The molecule has 29 heavy (non-hydrogen) atoms. The van der Waals surface area contributed by atoms with Gasteiger partial charge in [-0.15, -0.1) is 11.3 Å². The van der Waals surface area contributed by atoms with Crippen molar-refractivity contribution in [2.45, 2.75) is 13.3 Å². The molecule has 2 aromatic carbocycles. The topological polar surface area (TPSA) is 66.3 Å². The van der Waals surface area contributed by atoms with Crippen LogP contribution in [-0.2, 0) is 4.79 Å². The van der Waals surface area contributed by atoms with Crippen molar-refractivity contribution in [3.8, 4) is 22.3 Å². The molecule has 0 aliphatic carbocycles. The van der Waals surface area contributed by atoms with Crippen molar-refractivity contribution >= 4 is 33.3 Å². The van der Waals surface area contributed by atoms with Crippen LogP contribution in [-0.4, -0.2) is 34.1 Å². The van der Waals surface area contributed by atoms with Crippen molar-refractivity contribution < 1.29 is 9.90 Å². The third-order valence-corrected chi connectivity index (χ3v) is 5.82. The van der Waals surface area contributed by atoms with Gasteiger partial charge in [0.25, 0.3) is 0 Å². The highest BCUT2D eigenvalue weighted by Crippen LogP contribution is 2.38. The van der Waals surface area contributed by atoms with Gasteiger partial charge < -0.3 is 10.0 Å². The molecule has 4 aromatic rings. The van der Waals surface area contributed by atoms with Crippen molar-refractivity contribution in [2.75, 3.05) is 18.0 Å². The molecule has 2 aromatic heterocycles. The third-order valence-electron chi connectivity index (χ3n) is 4.93. The predicted molar refractivity (Wildman–Crippen MR) is 118 cm³/mol. The van der Waals surface area contributed by atoms with E-state index in [1.807, 2.05) is 30.0 Å². The largest absolute Gasteiger partial charge is 0.481 e. The number of aromatic nitrogens is 2. The average Bonchev–Trinajstić information content (AvgIpc) is 3.19. The van der Waals surface area contributed by atoms with Crippen molar-refractivity contribution in [1.82, 2.24) is 9.97 Å². The zero-order chi connectivity index (χ0) is 20.2. The Balaban J connectivity index is 1.74. The molecule has 2 heterocycles. The Bertz CT molecular complexity index is 1120. The lowest BCUT2D eigenvalue weighted by Gasteiger charge is -2.22. The maximum absolute atomic E-state index is 11.0. The van der Waals surface area contributed by atoms with Crippen LogP contribution in [0.15, 0.2) is 66.3 Å². The summed E-state index contributed by atoms with van der Waals surface area (Å²) >= 11 is 1.58. The first-order chi connectivity index (χ1) is 14.2. The molecule has 0 saturated carbocycles. The van der Waals surface area contributed by atoms with Crippen LogP contribution in [0.3, 0.4) is 0 Å². The summed E-state index contributed by atoms with van der Waals surface area (Å²) in [7, 11) is 0. The fourth-order valence-electron chi connectivity index (χ4n) is 3.43. The average molecular weight is 404 g/mol. The quantitative estimate of drug-likeness (QED) is 0.452. The van der Waals surface area contributed by atoms with E-state index >= 15 is 0 Å². The van der Waals surface area contributed by atoms with Gasteiger partial charge in [0, 0.05) is 24.0 Å². The van der Waals surface area contributed by atoms with Gasteiger partial charge in [-0.05, 0) is 23.6 Å². The molecular formula is C23H21N3O2S. The number of nitrogens with zero attached hydrogens (tertiary/aromatic N) is 3. The standard InChI is InChI=1S/C23H21N3O2S/c1-2-26(13-12-20(27)28)22-21-19(14-29-23(21)25-15-24-22)18-10-8-17(9-11-18)16-6-4-3-5-7-16/h3-11,14-15H,2,12-13H2,1H3,(H,27,28). The van der Waals surface area contributed by atoms with Gasteiger partial charge in [0.1, 0.15) is 17.0 Å². The van der Waals surface area contributed by atoms with Crippen LogP contribution in [0.5, 0.6) is 0 Å². The van der Waals surface area contributed by atoms with Crippen molar-refractivity contribution in [1.29, 1.82) is 0 Å². The second kappa shape index (κ2) is 8.41.